The van der Waals surface area contributed by atoms with Gasteiger partial charge in [0.2, 0.25) is 0 Å². The second kappa shape index (κ2) is 7.15. The van der Waals surface area contributed by atoms with Gasteiger partial charge in [-0.25, -0.2) is 4.68 Å². The van der Waals surface area contributed by atoms with E-state index in [1.54, 1.807) is 0 Å². The lowest BCUT2D eigenvalue weighted by atomic mass is 10.2. The summed E-state index contributed by atoms with van der Waals surface area (Å²) in [4.78, 5) is 16.7. The van der Waals surface area contributed by atoms with Gasteiger partial charge in [-0.1, -0.05) is 18.2 Å². The summed E-state index contributed by atoms with van der Waals surface area (Å²) in [6, 6.07) is 12.3. The van der Waals surface area contributed by atoms with Gasteiger partial charge >= 0.3 is 0 Å². The van der Waals surface area contributed by atoms with Gasteiger partial charge in [0, 0.05) is 31.1 Å². The van der Waals surface area contributed by atoms with Gasteiger partial charge < -0.3 is 10.2 Å². The Labute approximate surface area is 157 Å². The molecule has 1 aromatic carbocycles. The Balaban J connectivity index is 0.00000182. The fourth-order valence-electron chi connectivity index (χ4n) is 3.18. The molecular formula is C18H21ClN4OS. The van der Waals surface area contributed by atoms with Crippen LogP contribution in [0.25, 0.3) is 15.9 Å². The Hall–Kier alpha value is -1.89. The van der Waals surface area contributed by atoms with Crippen LogP contribution in [0.1, 0.15) is 22.3 Å². The van der Waals surface area contributed by atoms with E-state index in [-0.39, 0.29) is 24.4 Å². The highest BCUT2D eigenvalue weighted by Crippen LogP contribution is 2.31. The van der Waals surface area contributed by atoms with Crippen LogP contribution < -0.4 is 5.32 Å². The number of rotatable bonds is 2. The summed E-state index contributed by atoms with van der Waals surface area (Å²) in [7, 11) is 0. The van der Waals surface area contributed by atoms with Gasteiger partial charge in [0.1, 0.15) is 4.83 Å². The molecule has 0 spiro atoms. The molecule has 7 heteroatoms. The molecule has 5 nitrogen and oxygen atoms in total. The van der Waals surface area contributed by atoms with Crippen molar-refractivity contribution >= 4 is 39.9 Å². The van der Waals surface area contributed by atoms with Gasteiger partial charge in [0.05, 0.1) is 16.3 Å². The largest absolute Gasteiger partial charge is 0.333 e. The fraction of sp³-hybridized carbons (Fsp3) is 0.333. The standard InChI is InChI=1S/C18H20N4OS.ClH/c1-12-11-19-8-9-21(12)17(23)16-10-15-13(2)20-22(18(15)24-16)14-6-4-3-5-7-14;/h3-7,10,12,19H,8-9,11H2,1-2H3;1H/t12-;/m0./s1. The van der Waals surface area contributed by atoms with E-state index in [1.807, 2.05) is 52.9 Å². The van der Waals surface area contributed by atoms with Crippen LogP contribution in [0.3, 0.4) is 0 Å². The molecule has 1 aliphatic heterocycles. The number of benzene rings is 1. The first-order valence-electron chi connectivity index (χ1n) is 8.21. The molecule has 4 rings (SSSR count). The second-order valence-corrected chi connectivity index (χ2v) is 7.24. The molecule has 0 saturated carbocycles. The van der Waals surface area contributed by atoms with E-state index in [0.29, 0.717) is 0 Å². The van der Waals surface area contributed by atoms with Gasteiger partial charge in [-0.2, -0.15) is 5.10 Å². The molecule has 0 aliphatic carbocycles. The number of halogens is 1. The molecule has 1 atom stereocenters. The predicted molar refractivity (Wildman–Crippen MR) is 104 cm³/mol. The fourth-order valence-corrected chi connectivity index (χ4v) is 4.32. The lowest BCUT2D eigenvalue weighted by Gasteiger charge is -2.33. The number of nitrogens with zero attached hydrogens (tertiary/aromatic N) is 3. The summed E-state index contributed by atoms with van der Waals surface area (Å²) >= 11 is 1.53. The predicted octanol–water partition coefficient (Wildman–Crippen LogP) is 3.25. The zero-order valence-electron chi connectivity index (χ0n) is 14.2. The molecule has 0 bridgehead atoms. The highest BCUT2D eigenvalue weighted by molar-refractivity contribution is 7.20. The van der Waals surface area contributed by atoms with Crippen molar-refractivity contribution in [2.75, 3.05) is 19.6 Å². The lowest BCUT2D eigenvalue weighted by molar-refractivity contribution is 0.0661. The van der Waals surface area contributed by atoms with E-state index in [1.165, 1.54) is 11.3 Å². The molecule has 1 saturated heterocycles. The van der Waals surface area contributed by atoms with Crippen molar-refractivity contribution in [3.63, 3.8) is 0 Å². The molecular weight excluding hydrogens is 356 g/mol. The number of hydrogen-bond donors (Lipinski definition) is 1. The van der Waals surface area contributed by atoms with Crippen LogP contribution in [0.15, 0.2) is 36.4 Å². The summed E-state index contributed by atoms with van der Waals surface area (Å²) in [5, 5.41) is 9.03. The minimum Gasteiger partial charge on any atom is -0.333 e. The van der Waals surface area contributed by atoms with Crippen molar-refractivity contribution in [3.05, 3.63) is 47.0 Å². The lowest BCUT2D eigenvalue weighted by Crippen LogP contribution is -2.52. The molecule has 0 unspecified atom stereocenters. The number of hydrogen-bond acceptors (Lipinski definition) is 4. The number of carbonyl (C=O) groups excluding carboxylic acids is 1. The quantitative estimate of drug-likeness (QED) is 0.746. The van der Waals surface area contributed by atoms with Crippen LogP contribution in [-0.2, 0) is 0 Å². The number of aromatic nitrogens is 2. The molecule has 2 aromatic heterocycles. The monoisotopic (exact) mass is 376 g/mol. The van der Waals surface area contributed by atoms with Gasteiger partial charge in [-0.05, 0) is 32.0 Å². The molecule has 1 N–H and O–H groups in total. The van der Waals surface area contributed by atoms with Crippen LogP contribution in [0, 0.1) is 6.92 Å². The maximum absolute atomic E-state index is 12.9. The second-order valence-electron chi connectivity index (χ2n) is 6.21. The molecule has 132 valence electrons. The number of para-hydroxylation sites is 1. The van der Waals surface area contributed by atoms with Gasteiger partial charge in [0.25, 0.3) is 5.91 Å². The van der Waals surface area contributed by atoms with E-state index in [0.717, 1.165) is 46.1 Å². The molecule has 1 amide bonds. The number of fused-ring (bicyclic) bond motifs is 1. The van der Waals surface area contributed by atoms with Crippen molar-refractivity contribution in [3.8, 4) is 5.69 Å². The van der Waals surface area contributed by atoms with Gasteiger partial charge in [0.15, 0.2) is 0 Å². The Kier molecular flexibility index (Phi) is 5.13. The molecule has 1 fully saturated rings. The number of carbonyl (C=O) groups is 1. The first-order chi connectivity index (χ1) is 11.6. The highest BCUT2D eigenvalue weighted by Gasteiger charge is 2.26. The van der Waals surface area contributed by atoms with Crippen molar-refractivity contribution in [2.24, 2.45) is 0 Å². The number of aryl methyl sites for hydroxylation is 1. The highest BCUT2D eigenvalue weighted by atomic mass is 35.5. The smallest absolute Gasteiger partial charge is 0.264 e. The summed E-state index contributed by atoms with van der Waals surface area (Å²) < 4.78 is 1.94. The van der Waals surface area contributed by atoms with Crippen molar-refractivity contribution < 1.29 is 4.79 Å². The van der Waals surface area contributed by atoms with Crippen molar-refractivity contribution in [1.29, 1.82) is 0 Å². The molecule has 1 aliphatic rings. The zero-order chi connectivity index (χ0) is 16.7. The molecule has 25 heavy (non-hydrogen) atoms. The molecule has 3 aromatic rings. The Morgan fingerprint density at radius 1 is 1.32 bits per heavy atom. The Morgan fingerprint density at radius 3 is 2.80 bits per heavy atom. The molecule has 3 heterocycles. The molecule has 0 radical (unpaired) electrons. The van der Waals surface area contributed by atoms with Crippen molar-refractivity contribution in [2.45, 2.75) is 19.9 Å². The zero-order valence-corrected chi connectivity index (χ0v) is 15.9. The van der Waals surface area contributed by atoms with E-state index >= 15 is 0 Å². The van der Waals surface area contributed by atoms with Crippen LogP contribution in [0.4, 0.5) is 0 Å². The third-order valence-corrected chi connectivity index (χ3v) is 5.62. The summed E-state index contributed by atoms with van der Waals surface area (Å²) in [6.45, 7) is 6.56. The number of amides is 1. The van der Waals surface area contributed by atoms with E-state index in [2.05, 4.69) is 17.3 Å². The van der Waals surface area contributed by atoms with E-state index < -0.39 is 0 Å². The summed E-state index contributed by atoms with van der Waals surface area (Å²) in [6.07, 6.45) is 0. The number of thiophene rings is 1. The van der Waals surface area contributed by atoms with Gasteiger partial charge in [-0.15, -0.1) is 23.7 Å². The summed E-state index contributed by atoms with van der Waals surface area (Å²) in [5.41, 5.74) is 1.98. The normalized spacial score (nSPS) is 17.5. The Morgan fingerprint density at radius 2 is 2.08 bits per heavy atom. The number of piperazine rings is 1. The summed E-state index contributed by atoms with van der Waals surface area (Å²) in [5.74, 6) is 0.129. The maximum Gasteiger partial charge on any atom is 0.264 e. The first-order valence-corrected chi connectivity index (χ1v) is 9.03. The maximum atomic E-state index is 12.9. The van der Waals surface area contributed by atoms with Crippen LogP contribution in [-0.4, -0.2) is 46.3 Å². The van der Waals surface area contributed by atoms with Crippen LogP contribution in [0.2, 0.25) is 0 Å². The first kappa shape index (κ1) is 17.9. The SMILES string of the molecule is Cc1nn(-c2ccccc2)c2sc(C(=O)N3CCNC[C@@H]3C)cc12.Cl. The van der Waals surface area contributed by atoms with E-state index in [4.69, 9.17) is 0 Å². The van der Waals surface area contributed by atoms with Crippen LogP contribution in [0.5, 0.6) is 0 Å². The average Bonchev–Trinajstić information content (AvgIpc) is 3.16. The third kappa shape index (κ3) is 3.17. The van der Waals surface area contributed by atoms with E-state index in [9.17, 15) is 4.79 Å². The third-order valence-electron chi connectivity index (χ3n) is 4.52. The van der Waals surface area contributed by atoms with Crippen LogP contribution >= 0.6 is 23.7 Å². The van der Waals surface area contributed by atoms with Crippen molar-refractivity contribution in [1.82, 2.24) is 20.0 Å². The average molecular weight is 377 g/mol. The minimum absolute atomic E-state index is 0. The topological polar surface area (TPSA) is 50.2 Å². The Bertz CT molecular complexity index is 889. The minimum atomic E-state index is 0. The van der Waals surface area contributed by atoms with Gasteiger partial charge in [-0.3, -0.25) is 4.79 Å². The number of nitrogens with one attached hydrogen (secondary N) is 1.